The summed E-state index contributed by atoms with van der Waals surface area (Å²) in [6.07, 6.45) is 8.32. The van der Waals surface area contributed by atoms with E-state index in [0.717, 1.165) is 27.5 Å². The zero-order valence-corrected chi connectivity index (χ0v) is 12.7. The van der Waals surface area contributed by atoms with Crippen LogP contribution in [0.15, 0.2) is 30.5 Å². The molecule has 20 heavy (non-hydrogen) atoms. The molecule has 1 aliphatic rings. The molecule has 2 atom stereocenters. The number of halogens is 1. The number of nitrogens with zero attached hydrogens (tertiary/aromatic N) is 1. The Balaban J connectivity index is 1.85. The number of rotatable bonds is 2. The number of benzene rings is 1. The SMILES string of the molecule is CC1CCCC(Nc2ccc(Cl)c3cccnc23)CC1. The van der Waals surface area contributed by atoms with Crippen LogP contribution in [0.2, 0.25) is 5.02 Å². The van der Waals surface area contributed by atoms with Crippen molar-refractivity contribution in [2.45, 2.75) is 45.1 Å². The molecule has 1 aromatic carbocycles. The first kappa shape index (κ1) is 13.7. The highest BCUT2D eigenvalue weighted by Crippen LogP contribution is 2.30. The van der Waals surface area contributed by atoms with Crippen LogP contribution in [0.25, 0.3) is 10.9 Å². The summed E-state index contributed by atoms with van der Waals surface area (Å²) in [4.78, 5) is 4.50. The third-order valence-corrected chi connectivity index (χ3v) is 4.66. The van der Waals surface area contributed by atoms with Gasteiger partial charge in [0.05, 0.1) is 16.2 Å². The highest BCUT2D eigenvalue weighted by molar-refractivity contribution is 6.35. The van der Waals surface area contributed by atoms with Crippen molar-refractivity contribution in [2.75, 3.05) is 5.32 Å². The van der Waals surface area contributed by atoms with Gasteiger partial charge in [-0.1, -0.05) is 31.4 Å². The van der Waals surface area contributed by atoms with E-state index >= 15 is 0 Å². The van der Waals surface area contributed by atoms with E-state index in [-0.39, 0.29) is 0 Å². The molecule has 2 unspecified atom stereocenters. The molecule has 0 radical (unpaired) electrons. The molecule has 1 saturated carbocycles. The quantitative estimate of drug-likeness (QED) is 0.762. The van der Waals surface area contributed by atoms with Crippen molar-refractivity contribution in [1.82, 2.24) is 4.98 Å². The Morgan fingerprint density at radius 3 is 2.95 bits per heavy atom. The molecule has 1 heterocycles. The average Bonchev–Trinajstić information content (AvgIpc) is 2.67. The van der Waals surface area contributed by atoms with Gasteiger partial charge in [-0.05, 0) is 49.4 Å². The van der Waals surface area contributed by atoms with Crippen LogP contribution in [0.4, 0.5) is 5.69 Å². The maximum atomic E-state index is 6.25. The van der Waals surface area contributed by atoms with Gasteiger partial charge in [-0.25, -0.2) is 0 Å². The van der Waals surface area contributed by atoms with Gasteiger partial charge in [0.2, 0.25) is 0 Å². The van der Waals surface area contributed by atoms with E-state index in [1.807, 2.05) is 24.4 Å². The van der Waals surface area contributed by atoms with Crippen LogP contribution in [-0.4, -0.2) is 11.0 Å². The lowest BCUT2D eigenvalue weighted by Crippen LogP contribution is -2.18. The summed E-state index contributed by atoms with van der Waals surface area (Å²) in [7, 11) is 0. The number of fused-ring (bicyclic) bond motifs is 1. The lowest BCUT2D eigenvalue weighted by molar-refractivity contribution is 0.502. The minimum absolute atomic E-state index is 0.561. The van der Waals surface area contributed by atoms with E-state index in [0.29, 0.717) is 6.04 Å². The van der Waals surface area contributed by atoms with Gasteiger partial charge in [0, 0.05) is 17.6 Å². The molecule has 1 N–H and O–H groups in total. The van der Waals surface area contributed by atoms with Crippen LogP contribution in [0.5, 0.6) is 0 Å². The summed E-state index contributed by atoms with van der Waals surface area (Å²) in [5.41, 5.74) is 2.10. The average molecular weight is 289 g/mol. The Morgan fingerprint density at radius 1 is 1.15 bits per heavy atom. The smallest absolute Gasteiger partial charge is 0.0948 e. The van der Waals surface area contributed by atoms with Crippen LogP contribution in [0, 0.1) is 5.92 Å². The molecular formula is C17H21ClN2. The molecule has 0 saturated heterocycles. The number of hydrogen-bond donors (Lipinski definition) is 1. The summed E-state index contributed by atoms with van der Waals surface area (Å²) in [5.74, 6) is 0.863. The number of pyridine rings is 1. The van der Waals surface area contributed by atoms with E-state index in [9.17, 15) is 0 Å². The van der Waals surface area contributed by atoms with Crippen LogP contribution >= 0.6 is 11.6 Å². The van der Waals surface area contributed by atoms with Crippen LogP contribution in [0.1, 0.15) is 39.0 Å². The zero-order valence-electron chi connectivity index (χ0n) is 11.9. The molecule has 106 valence electrons. The van der Waals surface area contributed by atoms with E-state index in [4.69, 9.17) is 11.6 Å². The number of hydrogen-bond acceptors (Lipinski definition) is 2. The van der Waals surface area contributed by atoms with E-state index in [1.54, 1.807) is 0 Å². The third-order valence-electron chi connectivity index (χ3n) is 4.33. The van der Waals surface area contributed by atoms with Gasteiger partial charge < -0.3 is 5.32 Å². The molecule has 0 bridgehead atoms. The maximum Gasteiger partial charge on any atom is 0.0948 e. The maximum absolute atomic E-state index is 6.25. The molecule has 0 amide bonds. The minimum Gasteiger partial charge on any atom is -0.381 e. The second kappa shape index (κ2) is 6.01. The minimum atomic E-state index is 0.561. The second-order valence-electron chi connectivity index (χ2n) is 5.95. The molecule has 0 aliphatic heterocycles. The summed E-state index contributed by atoms with van der Waals surface area (Å²) in [6.45, 7) is 2.36. The topological polar surface area (TPSA) is 24.9 Å². The van der Waals surface area contributed by atoms with Crippen LogP contribution in [-0.2, 0) is 0 Å². The van der Waals surface area contributed by atoms with Crippen molar-refractivity contribution in [2.24, 2.45) is 5.92 Å². The predicted octanol–water partition coefficient (Wildman–Crippen LogP) is 5.27. The van der Waals surface area contributed by atoms with Crippen LogP contribution < -0.4 is 5.32 Å². The van der Waals surface area contributed by atoms with Gasteiger partial charge in [0.1, 0.15) is 0 Å². The Hall–Kier alpha value is -1.28. The Bertz CT molecular complexity index is 597. The number of aromatic nitrogens is 1. The van der Waals surface area contributed by atoms with E-state index < -0.39 is 0 Å². The molecule has 1 aromatic heterocycles. The fraction of sp³-hybridized carbons (Fsp3) is 0.471. The molecule has 1 aliphatic carbocycles. The summed E-state index contributed by atoms with van der Waals surface area (Å²) < 4.78 is 0. The highest BCUT2D eigenvalue weighted by Gasteiger charge is 2.17. The van der Waals surface area contributed by atoms with E-state index in [1.165, 1.54) is 32.1 Å². The van der Waals surface area contributed by atoms with Crippen molar-refractivity contribution in [3.63, 3.8) is 0 Å². The van der Waals surface area contributed by atoms with Gasteiger partial charge in [-0.3, -0.25) is 4.98 Å². The van der Waals surface area contributed by atoms with Crippen LogP contribution in [0.3, 0.4) is 0 Å². The van der Waals surface area contributed by atoms with Crippen molar-refractivity contribution in [1.29, 1.82) is 0 Å². The Labute approximate surface area is 125 Å². The first-order valence-corrected chi connectivity index (χ1v) is 7.91. The van der Waals surface area contributed by atoms with Crippen molar-refractivity contribution >= 4 is 28.2 Å². The van der Waals surface area contributed by atoms with Crippen molar-refractivity contribution in [3.05, 3.63) is 35.5 Å². The third kappa shape index (κ3) is 2.90. The summed E-state index contributed by atoms with van der Waals surface area (Å²) in [6, 6.07) is 8.56. The van der Waals surface area contributed by atoms with Gasteiger partial charge in [0.15, 0.2) is 0 Å². The summed E-state index contributed by atoms with van der Waals surface area (Å²) in [5, 5.41) is 5.49. The highest BCUT2D eigenvalue weighted by atomic mass is 35.5. The molecular weight excluding hydrogens is 268 g/mol. The lowest BCUT2D eigenvalue weighted by Gasteiger charge is -2.19. The lowest BCUT2D eigenvalue weighted by atomic mass is 10.0. The summed E-state index contributed by atoms with van der Waals surface area (Å²) >= 11 is 6.25. The molecule has 0 spiro atoms. The molecule has 1 fully saturated rings. The fourth-order valence-corrected chi connectivity index (χ4v) is 3.32. The predicted molar refractivity (Wildman–Crippen MR) is 86.4 cm³/mol. The first-order chi connectivity index (χ1) is 9.74. The molecule has 2 nitrogen and oxygen atoms in total. The normalized spacial score (nSPS) is 23.5. The van der Waals surface area contributed by atoms with Gasteiger partial charge >= 0.3 is 0 Å². The molecule has 3 rings (SSSR count). The van der Waals surface area contributed by atoms with Crippen molar-refractivity contribution in [3.8, 4) is 0 Å². The zero-order chi connectivity index (χ0) is 13.9. The Kier molecular flexibility index (Phi) is 4.11. The standard InChI is InChI=1S/C17H21ClN2/c1-12-4-2-5-13(8-7-12)20-16-10-9-15(18)14-6-3-11-19-17(14)16/h3,6,9-13,20H,2,4-5,7-8H2,1H3. The van der Waals surface area contributed by atoms with Gasteiger partial charge in [0.25, 0.3) is 0 Å². The number of anilines is 1. The van der Waals surface area contributed by atoms with E-state index in [2.05, 4.69) is 23.3 Å². The van der Waals surface area contributed by atoms with Gasteiger partial charge in [-0.15, -0.1) is 0 Å². The van der Waals surface area contributed by atoms with Gasteiger partial charge in [-0.2, -0.15) is 0 Å². The largest absolute Gasteiger partial charge is 0.381 e. The van der Waals surface area contributed by atoms with Crippen molar-refractivity contribution < 1.29 is 0 Å². The fourth-order valence-electron chi connectivity index (χ4n) is 3.11. The molecule has 3 heteroatoms. The Morgan fingerprint density at radius 2 is 2.05 bits per heavy atom. The first-order valence-electron chi connectivity index (χ1n) is 7.54. The monoisotopic (exact) mass is 288 g/mol. The number of nitrogens with one attached hydrogen (secondary N) is 1. The molecule has 2 aromatic rings. The second-order valence-corrected chi connectivity index (χ2v) is 6.36.